The number of amides is 1. The van der Waals surface area contributed by atoms with Crippen LogP contribution in [-0.4, -0.2) is 29.6 Å². The highest BCUT2D eigenvalue weighted by atomic mass is 16.4. The molecule has 0 aromatic heterocycles. The number of carbonyl (C=O) groups is 2. The van der Waals surface area contributed by atoms with Crippen LogP contribution in [0.3, 0.4) is 0 Å². The molecule has 0 aliphatic rings. The summed E-state index contributed by atoms with van der Waals surface area (Å²) >= 11 is 0. The maximum Gasteiger partial charge on any atom is 0.326 e. The number of anilines is 1. The van der Waals surface area contributed by atoms with Gasteiger partial charge in [-0.25, -0.2) is 4.79 Å². The van der Waals surface area contributed by atoms with Crippen LogP contribution in [0.15, 0.2) is 24.3 Å². The van der Waals surface area contributed by atoms with Crippen molar-refractivity contribution >= 4 is 17.6 Å². The van der Waals surface area contributed by atoms with Crippen LogP contribution in [0.4, 0.5) is 5.69 Å². The smallest absolute Gasteiger partial charge is 0.326 e. The van der Waals surface area contributed by atoms with Crippen LogP contribution in [0.5, 0.6) is 0 Å². The molecule has 1 aromatic carbocycles. The number of carboxylic acid groups (broad SMARTS) is 1. The molecule has 98 valence electrons. The maximum absolute atomic E-state index is 11.8. The van der Waals surface area contributed by atoms with Gasteiger partial charge in [0.2, 0.25) is 0 Å². The van der Waals surface area contributed by atoms with E-state index in [4.69, 9.17) is 16.6 Å². The van der Waals surface area contributed by atoms with Crippen LogP contribution in [0, 0.1) is 0 Å². The molecular weight excluding hydrogens is 234 g/mol. The molecule has 0 saturated carbocycles. The van der Waals surface area contributed by atoms with E-state index < -0.39 is 17.9 Å². The van der Waals surface area contributed by atoms with E-state index in [1.165, 1.54) is 0 Å². The van der Waals surface area contributed by atoms with Crippen molar-refractivity contribution in [3.8, 4) is 0 Å². The summed E-state index contributed by atoms with van der Waals surface area (Å²) < 4.78 is 0. The number of carbonyl (C=O) groups excluding carboxylic acids is 1. The Labute approximate surface area is 105 Å². The van der Waals surface area contributed by atoms with Crippen molar-refractivity contribution < 1.29 is 14.7 Å². The first-order chi connectivity index (χ1) is 8.54. The highest BCUT2D eigenvalue weighted by molar-refractivity contribution is 5.96. The van der Waals surface area contributed by atoms with Crippen LogP contribution in [0.2, 0.25) is 0 Å². The number of carboxylic acids is 1. The lowest BCUT2D eigenvalue weighted by molar-refractivity contribution is -0.139. The Kier molecular flexibility index (Phi) is 5.13. The molecular formula is C12H17N3O3. The van der Waals surface area contributed by atoms with Crippen LogP contribution >= 0.6 is 0 Å². The van der Waals surface area contributed by atoms with Crippen molar-refractivity contribution in [2.75, 3.05) is 12.3 Å². The predicted octanol–water partition coefficient (Wildman–Crippen LogP) is 0.191. The summed E-state index contributed by atoms with van der Waals surface area (Å²) in [7, 11) is 0. The minimum atomic E-state index is -1.06. The largest absolute Gasteiger partial charge is 0.480 e. The molecule has 1 aromatic rings. The van der Waals surface area contributed by atoms with Gasteiger partial charge in [0.25, 0.3) is 5.91 Å². The molecule has 0 heterocycles. The van der Waals surface area contributed by atoms with Gasteiger partial charge in [-0.1, -0.05) is 0 Å². The summed E-state index contributed by atoms with van der Waals surface area (Å²) in [5.74, 6) is -1.49. The van der Waals surface area contributed by atoms with Gasteiger partial charge in [-0.3, -0.25) is 4.79 Å². The van der Waals surface area contributed by atoms with Gasteiger partial charge in [0.1, 0.15) is 6.04 Å². The molecule has 0 aliphatic heterocycles. The van der Waals surface area contributed by atoms with Gasteiger partial charge >= 0.3 is 5.97 Å². The summed E-state index contributed by atoms with van der Waals surface area (Å²) in [4.78, 5) is 22.7. The number of nitrogens with one attached hydrogen (secondary N) is 1. The Balaban J connectivity index is 2.66. The predicted molar refractivity (Wildman–Crippen MR) is 68.0 cm³/mol. The minimum Gasteiger partial charge on any atom is -0.480 e. The zero-order valence-corrected chi connectivity index (χ0v) is 9.93. The Morgan fingerprint density at radius 1 is 1.28 bits per heavy atom. The topological polar surface area (TPSA) is 118 Å². The van der Waals surface area contributed by atoms with Crippen molar-refractivity contribution in [1.82, 2.24) is 5.32 Å². The fourth-order valence-electron chi connectivity index (χ4n) is 1.46. The number of hydrogen-bond donors (Lipinski definition) is 4. The van der Waals surface area contributed by atoms with Gasteiger partial charge < -0.3 is 21.9 Å². The van der Waals surface area contributed by atoms with Gasteiger partial charge in [-0.15, -0.1) is 0 Å². The summed E-state index contributed by atoms with van der Waals surface area (Å²) in [5.41, 5.74) is 11.7. The minimum absolute atomic E-state index is 0.312. The second-order valence-corrected chi connectivity index (χ2v) is 3.92. The van der Waals surface area contributed by atoms with E-state index in [0.717, 1.165) is 0 Å². The van der Waals surface area contributed by atoms with E-state index in [9.17, 15) is 9.59 Å². The molecule has 0 aliphatic carbocycles. The van der Waals surface area contributed by atoms with Crippen molar-refractivity contribution in [2.24, 2.45) is 5.73 Å². The maximum atomic E-state index is 11.8. The van der Waals surface area contributed by atoms with Gasteiger partial charge in [0, 0.05) is 11.3 Å². The lowest BCUT2D eigenvalue weighted by Gasteiger charge is -2.14. The summed E-state index contributed by atoms with van der Waals surface area (Å²) in [6, 6.07) is 5.35. The number of nitrogens with two attached hydrogens (primary N) is 2. The SMILES string of the molecule is NCCCC(NC(=O)c1ccc(N)cc1)C(=O)O. The summed E-state index contributed by atoms with van der Waals surface area (Å²) in [6.45, 7) is 0.390. The van der Waals surface area contributed by atoms with E-state index in [1.54, 1.807) is 24.3 Å². The first-order valence-corrected chi connectivity index (χ1v) is 5.64. The fourth-order valence-corrected chi connectivity index (χ4v) is 1.46. The second-order valence-electron chi connectivity index (χ2n) is 3.92. The van der Waals surface area contributed by atoms with Gasteiger partial charge in [-0.05, 0) is 43.7 Å². The van der Waals surface area contributed by atoms with E-state index in [0.29, 0.717) is 30.6 Å². The van der Waals surface area contributed by atoms with E-state index in [2.05, 4.69) is 5.32 Å². The molecule has 0 radical (unpaired) electrons. The van der Waals surface area contributed by atoms with Crippen LogP contribution in [0.25, 0.3) is 0 Å². The van der Waals surface area contributed by atoms with E-state index in [1.807, 2.05) is 0 Å². The van der Waals surface area contributed by atoms with Crippen LogP contribution in [0.1, 0.15) is 23.2 Å². The first-order valence-electron chi connectivity index (χ1n) is 5.64. The average Bonchev–Trinajstić information content (AvgIpc) is 2.34. The molecule has 0 fully saturated rings. The lowest BCUT2D eigenvalue weighted by Crippen LogP contribution is -2.41. The Morgan fingerprint density at radius 3 is 2.39 bits per heavy atom. The number of benzene rings is 1. The standard InChI is InChI=1S/C12H17N3O3/c13-7-1-2-10(12(17)18)15-11(16)8-3-5-9(14)6-4-8/h3-6,10H,1-2,7,13-14H2,(H,15,16)(H,17,18). The fraction of sp³-hybridized carbons (Fsp3) is 0.333. The number of nitrogen functional groups attached to an aromatic ring is 1. The third-order valence-corrected chi connectivity index (χ3v) is 2.47. The normalized spacial score (nSPS) is 11.8. The monoisotopic (exact) mass is 251 g/mol. The van der Waals surface area contributed by atoms with Gasteiger partial charge in [0.05, 0.1) is 0 Å². The third kappa shape index (κ3) is 4.06. The van der Waals surface area contributed by atoms with Crippen LogP contribution < -0.4 is 16.8 Å². The third-order valence-electron chi connectivity index (χ3n) is 2.47. The van der Waals surface area contributed by atoms with Gasteiger partial charge in [-0.2, -0.15) is 0 Å². The molecule has 18 heavy (non-hydrogen) atoms. The number of rotatable bonds is 6. The highest BCUT2D eigenvalue weighted by Crippen LogP contribution is 2.06. The molecule has 1 unspecified atom stereocenters. The molecule has 0 saturated heterocycles. The summed E-state index contributed by atoms with van der Waals surface area (Å²) in [6.07, 6.45) is 0.853. The Bertz CT molecular complexity index is 417. The lowest BCUT2D eigenvalue weighted by atomic mass is 10.1. The van der Waals surface area contributed by atoms with E-state index in [-0.39, 0.29) is 0 Å². The molecule has 0 bridgehead atoms. The summed E-state index contributed by atoms with van der Waals surface area (Å²) in [5, 5.41) is 11.4. The molecule has 1 atom stereocenters. The zero-order chi connectivity index (χ0) is 13.5. The number of aliphatic carboxylic acids is 1. The van der Waals surface area contributed by atoms with Crippen molar-refractivity contribution in [3.05, 3.63) is 29.8 Å². The highest BCUT2D eigenvalue weighted by Gasteiger charge is 2.19. The Hall–Kier alpha value is -2.08. The molecule has 1 rings (SSSR count). The molecule has 1 amide bonds. The molecule has 0 spiro atoms. The zero-order valence-electron chi connectivity index (χ0n) is 9.93. The first kappa shape index (κ1) is 14.0. The Morgan fingerprint density at radius 2 is 1.89 bits per heavy atom. The van der Waals surface area contributed by atoms with E-state index >= 15 is 0 Å². The van der Waals surface area contributed by atoms with Crippen molar-refractivity contribution in [1.29, 1.82) is 0 Å². The van der Waals surface area contributed by atoms with Gasteiger partial charge in [0.15, 0.2) is 0 Å². The second kappa shape index (κ2) is 6.61. The van der Waals surface area contributed by atoms with Crippen LogP contribution in [-0.2, 0) is 4.79 Å². The van der Waals surface area contributed by atoms with Crippen molar-refractivity contribution in [3.63, 3.8) is 0 Å². The van der Waals surface area contributed by atoms with Crippen molar-refractivity contribution in [2.45, 2.75) is 18.9 Å². The molecule has 6 N–H and O–H groups in total. The quantitative estimate of drug-likeness (QED) is 0.538. The average molecular weight is 251 g/mol. The molecule has 6 nitrogen and oxygen atoms in total. The molecule has 6 heteroatoms. The number of hydrogen-bond acceptors (Lipinski definition) is 4.